The van der Waals surface area contributed by atoms with E-state index in [9.17, 15) is 4.79 Å². The van der Waals surface area contributed by atoms with Crippen LogP contribution in [0.3, 0.4) is 0 Å². The van der Waals surface area contributed by atoms with Crippen LogP contribution < -0.4 is 5.73 Å². The summed E-state index contributed by atoms with van der Waals surface area (Å²) >= 11 is 0. The fourth-order valence-corrected chi connectivity index (χ4v) is 3.93. The van der Waals surface area contributed by atoms with Gasteiger partial charge in [0.15, 0.2) is 0 Å². The molecule has 2 atom stereocenters. The first-order chi connectivity index (χ1) is 11.6. The number of carbonyl (C=O) groups is 1. The van der Waals surface area contributed by atoms with Crippen molar-refractivity contribution in [2.24, 2.45) is 11.7 Å². The highest BCUT2D eigenvalue weighted by Gasteiger charge is 2.33. The monoisotopic (exact) mass is 330 g/mol. The number of amides is 1. The molecule has 1 amide bonds. The third-order valence-corrected chi connectivity index (χ3v) is 5.58. The lowest BCUT2D eigenvalue weighted by atomic mass is 9.89. The molecule has 1 heterocycles. The molecule has 1 aromatic rings. The van der Waals surface area contributed by atoms with Gasteiger partial charge in [0.25, 0.3) is 5.91 Å². The van der Waals surface area contributed by atoms with Crippen molar-refractivity contribution in [2.75, 3.05) is 13.2 Å². The number of rotatable bonds is 4. The molecule has 0 aromatic heterocycles. The number of carbonyl (C=O) groups excluding carboxylic acids is 1. The molecule has 0 spiro atoms. The SMILES string of the molecule is CC1CCC(OCC2C(N)CCCN2C(=O)c2ccccc2)CC1. The molecule has 1 aliphatic heterocycles. The zero-order valence-electron chi connectivity index (χ0n) is 14.7. The second kappa shape index (κ2) is 8.13. The molecule has 0 bridgehead atoms. The normalized spacial score (nSPS) is 31.0. The third-order valence-electron chi connectivity index (χ3n) is 5.58. The van der Waals surface area contributed by atoms with E-state index in [0.717, 1.165) is 43.7 Å². The number of nitrogens with zero attached hydrogens (tertiary/aromatic N) is 1. The molecular formula is C20H30N2O2. The van der Waals surface area contributed by atoms with Crippen molar-refractivity contribution in [1.29, 1.82) is 0 Å². The molecule has 3 rings (SSSR count). The minimum Gasteiger partial charge on any atom is -0.376 e. The maximum Gasteiger partial charge on any atom is 0.254 e. The van der Waals surface area contributed by atoms with Crippen LogP contribution in [0.5, 0.6) is 0 Å². The van der Waals surface area contributed by atoms with Crippen molar-refractivity contribution >= 4 is 5.91 Å². The number of hydrogen-bond acceptors (Lipinski definition) is 3. The van der Waals surface area contributed by atoms with Gasteiger partial charge in [-0.25, -0.2) is 0 Å². The summed E-state index contributed by atoms with van der Waals surface area (Å²) in [7, 11) is 0. The molecule has 24 heavy (non-hydrogen) atoms. The summed E-state index contributed by atoms with van der Waals surface area (Å²) in [6, 6.07) is 9.51. The van der Waals surface area contributed by atoms with Crippen LogP contribution >= 0.6 is 0 Å². The first kappa shape index (κ1) is 17.4. The van der Waals surface area contributed by atoms with Gasteiger partial charge in [0.2, 0.25) is 0 Å². The molecule has 2 aliphatic rings. The van der Waals surface area contributed by atoms with Gasteiger partial charge in [-0.3, -0.25) is 4.79 Å². The number of likely N-dealkylation sites (tertiary alicyclic amines) is 1. The number of benzene rings is 1. The average Bonchev–Trinajstić information content (AvgIpc) is 2.62. The zero-order chi connectivity index (χ0) is 16.9. The standard InChI is InChI=1S/C20H30N2O2/c1-15-9-11-17(12-10-15)24-14-19-18(21)8-5-13-22(19)20(23)16-6-3-2-4-7-16/h2-4,6-7,15,17-19H,5,8-14,21H2,1H3. The number of hydrogen-bond donors (Lipinski definition) is 1. The van der Waals surface area contributed by atoms with Crippen molar-refractivity contribution in [3.63, 3.8) is 0 Å². The van der Waals surface area contributed by atoms with Crippen LogP contribution in [0.2, 0.25) is 0 Å². The van der Waals surface area contributed by atoms with Crippen LogP contribution in [0.4, 0.5) is 0 Å². The third kappa shape index (κ3) is 4.17. The Kier molecular flexibility index (Phi) is 5.90. The molecule has 4 heteroatoms. The highest BCUT2D eigenvalue weighted by molar-refractivity contribution is 5.94. The minimum absolute atomic E-state index is 0.00827. The van der Waals surface area contributed by atoms with Crippen LogP contribution in [0.15, 0.2) is 30.3 Å². The zero-order valence-corrected chi connectivity index (χ0v) is 14.7. The summed E-state index contributed by atoms with van der Waals surface area (Å²) in [5.74, 6) is 0.898. The highest BCUT2D eigenvalue weighted by Crippen LogP contribution is 2.27. The number of piperidine rings is 1. The molecule has 1 saturated heterocycles. The fourth-order valence-electron chi connectivity index (χ4n) is 3.93. The lowest BCUT2D eigenvalue weighted by Crippen LogP contribution is -2.56. The van der Waals surface area contributed by atoms with E-state index in [2.05, 4.69) is 6.92 Å². The van der Waals surface area contributed by atoms with E-state index in [0.29, 0.717) is 12.7 Å². The summed E-state index contributed by atoms with van der Waals surface area (Å²) in [5, 5.41) is 0. The quantitative estimate of drug-likeness (QED) is 0.922. The van der Waals surface area contributed by atoms with Crippen molar-refractivity contribution in [3.05, 3.63) is 35.9 Å². The van der Waals surface area contributed by atoms with Crippen molar-refractivity contribution in [1.82, 2.24) is 4.90 Å². The van der Waals surface area contributed by atoms with Crippen LogP contribution in [0, 0.1) is 5.92 Å². The summed E-state index contributed by atoms with van der Waals surface area (Å²) in [6.07, 6.45) is 7.03. The van der Waals surface area contributed by atoms with E-state index in [4.69, 9.17) is 10.5 Å². The van der Waals surface area contributed by atoms with Gasteiger partial charge in [-0.15, -0.1) is 0 Å². The smallest absolute Gasteiger partial charge is 0.254 e. The van der Waals surface area contributed by atoms with E-state index >= 15 is 0 Å². The van der Waals surface area contributed by atoms with Gasteiger partial charge in [0, 0.05) is 18.2 Å². The summed E-state index contributed by atoms with van der Waals surface area (Å²) < 4.78 is 6.18. The Morgan fingerprint density at radius 2 is 1.88 bits per heavy atom. The summed E-state index contributed by atoms with van der Waals surface area (Å²) in [5.41, 5.74) is 7.09. The molecular weight excluding hydrogens is 300 g/mol. The maximum atomic E-state index is 12.9. The predicted octanol–water partition coefficient (Wildman–Crippen LogP) is 3.21. The van der Waals surface area contributed by atoms with Crippen molar-refractivity contribution in [2.45, 2.75) is 63.6 Å². The van der Waals surface area contributed by atoms with Crippen LogP contribution in [0.25, 0.3) is 0 Å². The Hall–Kier alpha value is -1.39. The van der Waals surface area contributed by atoms with Gasteiger partial charge in [-0.05, 0) is 56.6 Å². The van der Waals surface area contributed by atoms with E-state index in [-0.39, 0.29) is 18.0 Å². The molecule has 2 unspecified atom stereocenters. The molecule has 0 radical (unpaired) electrons. The van der Waals surface area contributed by atoms with Crippen molar-refractivity contribution < 1.29 is 9.53 Å². The largest absolute Gasteiger partial charge is 0.376 e. The molecule has 4 nitrogen and oxygen atoms in total. The molecule has 2 N–H and O–H groups in total. The second-order valence-electron chi connectivity index (χ2n) is 7.45. The van der Waals surface area contributed by atoms with Crippen LogP contribution in [0.1, 0.15) is 55.8 Å². The first-order valence-corrected chi connectivity index (χ1v) is 9.38. The van der Waals surface area contributed by atoms with Gasteiger partial charge >= 0.3 is 0 Å². The lowest BCUT2D eigenvalue weighted by molar-refractivity contribution is -0.0234. The topological polar surface area (TPSA) is 55.6 Å². The molecule has 132 valence electrons. The van der Waals surface area contributed by atoms with Crippen LogP contribution in [-0.2, 0) is 4.74 Å². The molecule has 1 saturated carbocycles. The lowest BCUT2D eigenvalue weighted by Gasteiger charge is -2.40. The second-order valence-corrected chi connectivity index (χ2v) is 7.45. The minimum atomic E-state index is -0.00851. The van der Waals surface area contributed by atoms with E-state index in [1.54, 1.807) is 0 Å². The Bertz CT molecular complexity index is 526. The van der Waals surface area contributed by atoms with Crippen molar-refractivity contribution in [3.8, 4) is 0 Å². The Balaban J connectivity index is 1.63. The predicted molar refractivity (Wildman–Crippen MR) is 95.8 cm³/mol. The van der Waals surface area contributed by atoms with Gasteiger partial charge in [0.1, 0.15) is 0 Å². The van der Waals surface area contributed by atoms with Gasteiger partial charge in [0.05, 0.1) is 18.8 Å². The maximum absolute atomic E-state index is 12.9. The van der Waals surface area contributed by atoms with Crippen LogP contribution in [-0.4, -0.2) is 42.1 Å². The van der Waals surface area contributed by atoms with Gasteiger partial charge < -0.3 is 15.4 Å². The molecule has 1 aromatic carbocycles. The summed E-state index contributed by atoms with van der Waals surface area (Å²) in [6.45, 7) is 3.66. The average molecular weight is 330 g/mol. The fraction of sp³-hybridized carbons (Fsp3) is 0.650. The van der Waals surface area contributed by atoms with E-state index < -0.39 is 0 Å². The van der Waals surface area contributed by atoms with E-state index in [1.165, 1.54) is 12.8 Å². The summed E-state index contributed by atoms with van der Waals surface area (Å²) in [4.78, 5) is 14.8. The molecule has 1 aliphatic carbocycles. The van der Waals surface area contributed by atoms with E-state index in [1.807, 2.05) is 35.2 Å². The Morgan fingerprint density at radius 3 is 2.58 bits per heavy atom. The Labute approximate surface area is 145 Å². The van der Waals surface area contributed by atoms with Gasteiger partial charge in [-0.1, -0.05) is 25.1 Å². The first-order valence-electron chi connectivity index (χ1n) is 9.38. The van der Waals surface area contributed by atoms with Gasteiger partial charge in [-0.2, -0.15) is 0 Å². The molecule has 2 fully saturated rings. The number of nitrogens with two attached hydrogens (primary N) is 1. The number of ether oxygens (including phenoxy) is 1. The highest BCUT2D eigenvalue weighted by atomic mass is 16.5. The Morgan fingerprint density at radius 1 is 1.17 bits per heavy atom.